The van der Waals surface area contributed by atoms with Gasteiger partial charge in [0.05, 0.1) is 12.1 Å². The molecule has 3 rings (SSSR count). The number of nitrogens with zero attached hydrogens (tertiary/aromatic N) is 3. The van der Waals surface area contributed by atoms with E-state index in [1.807, 2.05) is 41.7 Å². The average Bonchev–Trinajstić information content (AvgIpc) is 2.83. The van der Waals surface area contributed by atoms with Crippen LogP contribution in [0.4, 0.5) is 0 Å². The lowest BCUT2D eigenvalue weighted by molar-refractivity contribution is -0.136. The van der Waals surface area contributed by atoms with Crippen molar-refractivity contribution < 1.29 is 9.90 Å². The first-order chi connectivity index (χ1) is 9.65. The Morgan fingerprint density at radius 1 is 1.30 bits per heavy atom. The molecule has 0 fully saturated rings. The van der Waals surface area contributed by atoms with Gasteiger partial charge in [-0.3, -0.25) is 9.20 Å². The highest BCUT2D eigenvalue weighted by atomic mass is 16.4. The van der Waals surface area contributed by atoms with Crippen LogP contribution in [0.25, 0.3) is 16.8 Å². The fraction of sp³-hybridized carbons (Fsp3) is 0.133. The fourth-order valence-corrected chi connectivity index (χ4v) is 2.20. The van der Waals surface area contributed by atoms with E-state index in [9.17, 15) is 4.79 Å². The number of carbonyl (C=O) groups is 1. The van der Waals surface area contributed by atoms with Crippen molar-refractivity contribution in [3.8, 4) is 11.1 Å². The van der Waals surface area contributed by atoms with Crippen LogP contribution in [-0.4, -0.2) is 25.4 Å². The van der Waals surface area contributed by atoms with E-state index in [-0.39, 0.29) is 6.42 Å². The summed E-state index contributed by atoms with van der Waals surface area (Å²) in [5, 5.41) is 8.88. The molecule has 0 radical (unpaired) electrons. The normalized spacial score (nSPS) is 10.8. The van der Waals surface area contributed by atoms with Crippen molar-refractivity contribution in [2.24, 2.45) is 0 Å². The first-order valence-corrected chi connectivity index (χ1v) is 6.26. The van der Waals surface area contributed by atoms with Crippen molar-refractivity contribution in [2.75, 3.05) is 0 Å². The standard InChI is InChI=1S/C15H13N3O2/c1-10-16-8-13(11-5-3-2-4-6-11)15-17-12(7-14(19)20)9-18(10)15/h2-6,8-9H,7H2,1H3,(H,19,20). The molecule has 2 heterocycles. The molecule has 0 amide bonds. The number of aryl methyl sites for hydroxylation is 1. The minimum Gasteiger partial charge on any atom is -0.481 e. The minimum atomic E-state index is -0.889. The van der Waals surface area contributed by atoms with Crippen LogP contribution < -0.4 is 0 Å². The van der Waals surface area contributed by atoms with Gasteiger partial charge in [-0.15, -0.1) is 0 Å². The summed E-state index contributed by atoms with van der Waals surface area (Å²) in [7, 11) is 0. The third-order valence-corrected chi connectivity index (χ3v) is 3.14. The SMILES string of the molecule is Cc1ncc(-c2ccccc2)c2nc(CC(=O)O)cn12. The van der Waals surface area contributed by atoms with Gasteiger partial charge in [0.2, 0.25) is 0 Å². The number of hydrogen-bond donors (Lipinski definition) is 1. The molecule has 0 saturated carbocycles. The van der Waals surface area contributed by atoms with E-state index in [1.54, 1.807) is 12.4 Å². The molecule has 0 bridgehead atoms. The second-order valence-electron chi connectivity index (χ2n) is 4.58. The first kappa shape index (κ1) is 12.3. The number of carboxylic acid groups (broad SMARTS) is 1. The molecule has 3 aromatic rings. The third-order valence-electron chi connectivity index (χ3n) is 3.14. The summed E-state index contributed by atoms with van der Waals surface area (Å²) in [4.78, 5) is 19.6. The molecule has 0 atom stereocenters. The van der Waals surface area contributed by atoms with Crippen LogP contribution in [0.1, 0.15) is 11.5 Å². The van der Waals surface area contributed by atoms with Gasteiger partial charge in [0.15, 0.2) is 0 Å². The molecule has 5 nitrogen and oxygen atoms in total. The van der Waals surface area contributed by atoms with E-state index in [0.29, 0.717) is 5.69 Å². The molecular weight excluding hydrogens is 254 g/mol. The fourth-order valence-electron chi connectivity index (χ4n) is 2.20. The van der Waals surface area contributed by atoms with Crippen LogP contribution in [0.15, 0.2) is 42.7 Å². The molecule has 0 unspecified atom stereocenters. The van der Waals surface area contributed by atoms with Gasteiger partial charge in [0.25, 0.3) is 0 Å². The maximum Gasteiger partial charge on any atom is 0.309 e. The molecular formula is C15H13N3O2. The summed E-state index contributed by atoms with van der Waals surface area (Å²) in [5.41, 5.74) is 3.18. The van der Waals surface area contributed by atoms with Crippen LogP contribution in [0, 0.1) is 6.92 Å². The number of fused-ring (bicyclic) bond motifs is 1. The van der Waals surface area contributed by atoms with Crippen molar-refractivity contribution in [2.45, 2.75) is 13.3 Å². The number of aromatic nitrogens is 3. The van der Waals surface area contributed by atoms with Crippen molar-refractivity contribution in [3.05, 3.63) is 54.2 Å². The highest BCUT2D eigenvalue weighted by molar-refractivity contribution is 5.77. The Morgan fingerprint density at radius 3 is 2.75 bits per heavy atom. The van der Waals surface area contributed by atoms with E-state index in [1.165, 1.54) is 0 Å². The molecule has 0 saturated heterocycles. The summed E-state index contributed by atoms with van der Waals surface area (Å²) in [6.45, 7) is 1.87. The van der Waals surface area contributed by atoms with E-state index in [4.69, 9.17) is 5.11 Å². The zero-order chi connectivity index (χ0) is 14.1. The maximum atomic E-state index is 10.8. The van der Waals surface area contributed by atoms with Crippen LogP contribution in [0.5, 0.6) is 0 Å². The topological polar surface area (TPSA) is 67.5 Å². The molecule has 1 aromatic carbocycles. The molecule has 100 valence electrons. The van der Waals surface area contributed by atoms with Crippen molar-refractivity contribution >= 4 is 11.6 Å². The van der Waals surface area contributed by atoms with Gasteiger partial charge in [-0.25, -0.2) is 9.97 Å². The number of rotatable bonds is 3. The smallest absolute Gasteiger partial charge is 0.309 e. The predicted octanol–water partition coefficient (Wildman–Crippen LogP) is 2.33. The lowest BCUT2D eigenvalue weighted by atomic mass is 10.1. The zero-order valence-corrected chi connectivity index (χ0v) is 10.9. The summed E-state index contributed by atoms with van der Waals surface area (Å²) in [5.74, 6) is -0.107. The Kier molecular flexibility index (Phi) is 2.95. The minimum absolute atomic E-state index is 0.0879. The van der Waals surface area contributed by atoms with Crippen molar-refractivity contribution in [1.82, 2.24) is 14.4 Å². The van der Waals surface area contributed by atoms with Gasteiger partial charge in [-0.05, 0) is 12.5 Å². The molecule has 0 aliphatic heterocycles. The Morgan fingerprint density at radius 2 is 2.05 bits per heavy atom. The lowest BCUT2D eigenvalue weighted by Gasteiger charge is -2.05. The Hall–Kier alpha value is -2.69. The Balaban J connectivity index is 2.21. The van der Waals surface area contributed by atoms with Crippen molar-refractivity contribution in [3.63, 3.8) is 0 Å². The summed E-state index contributed by atoms with van der Waals surface area (Å²) < 4.78 is 1.83. The number of carboxylic acids is 1. The summed E-state index contributed by atoms with van der Waals surface area (Å²) in [6.07, 6.45) is 3.42. The van der Waals surface area contributed by atoms with E-state index >= 15 is 0 Å². The van der Waals surface area contributed by atoms with Crippen LogP contribution in [0.3, 0.4) is 0 Å². The largest absolute Gasteiger partial charge is 0.481 e. The quantitative estimate of drug-likeness (QED) is 0.790. The molecule has 1 N–H and O–H groups in total. The number of hydrogen-bond acceptors (Lipinski definition) is 3. The van der Waals surface area contributed by atoms with E-state index < -0.39 is 5.97 Å². The number of benzene rings is 1. The third kappa shape index (κ3) is 2.14. The average molecular weight is 267 g/mol. The predicted molar refractivity (Wildman–Crippen MR) is 74.5 cm³/mol. The van der Waals surface area contributed by atoms with Gasteiger partial charge in [-0.1, -0.05) is 30.3 Å². The molecule has 20 heavy (non-hydrogen) atoms. The summed E-state index contributed by atoms with van der Waals surface area (Å²) in [6, 6.07) is 9.82. The molecule has 0 aliphatic rings. The van der Waals surface area contributed by atoms with Gasteiger partial charge < -0.3 is 5.11 Å². The van der Waals surface area contributed by atoms with Gasteiger partial charge in [-0.2, -0.15) is 0 Å². The van der Waals surface area contributed by atoms with E-state index in [2.05, 4.69) is 9.97 Å². The molecule has 2 aromatic heterocycles. The zero-order valence-electron chi connectivity index (χ0n) is 10.9. The van der Waals surface area contributed by atoms with E-state index in [0.717, 1.165) is 22.6 Å². The van der Waals surface area contributed by atoms with Gasteiger partial charge in [0, 0.05) is 18.0 Å². The van der Waals surface area contributed by atoms with Crippen molar-refractivity contribution in [1.29, 1.82) is 0 Å². The monoisotopic (exact) mass is 267 g/mol. The summed E-state index contributed by atoms with van der Waals surface area (Å²) >= 11 is 0. The lowest BCUT2D eigenvalue weighted by Crippen LogP contribution is -1.99. The highest BCUT2D eigenvalue weighted by Gasteiger charge is 2.12. The van der Waals surface area contributed by atoms with Crippen LogP contribution in [0.2, 0.25) is 0 Å². The van der Waals surface area contributed by atoms with Crippen LogP contribution in [-0.2, 0) is 11.2 Å². The Bertz CT molecular complexity index is 778. The van der Waals surface area contributed by atoms with Gasteiger partial charge >= 0.3 is 5.97 Å². The van der Waals surface area contributed by atoms with Crippen LogP contribution >= 0.6 is 0 Å². The second kappa shape index (κ2) is 4.77. The molecule has 5 heteroatoms. The molecule has 0 aliphatic carbocycles. The Labute approximate surface area is 115 Å². The number of imidazole rings is 1. The number of aliphatic carboxylic acids is 1. The molecule has 0 spiro atoms. The maximum absolute atomic E-state index is 10.8. The highest BCUT2D eigenvalue weighted by Crippen LogP contribution is 2.24. The van der Waals surface area contributed by atoms with Gasteiger partial charge in [0.1, 0.15) is 11.5 Å². The first-order valence-electron chi connectivity index (χ1n) is 6.26. The second-order valence-corrected chi connectivity index (χ2v) is 4.58.